The van der Waals surface area contributed by atoms with Crippen LogP contribution in [0.5, 0.6) is 5.75 Å². The van der Waals surface area contributed by atoms with E-state index in [0.717, 1.165) is 31.8 Å². The first-order chi connectivity index (χ1) is 17.7. The van der Waals surface area contributed by atoms with E-state index in [1.54, 1.807) is 13.2 Å². The molecule has 2 heterocycles. The zero-order chi connectivity index (χ0) is 28.9. The van der Waals surface area contributed by atoms with E-state index < -0.39 is 24.3 Å². The van der Waals surface area contributed by atoms with E-state index in [1.807, 2.05) is 24.5 Å². The number of carbonyl (C=O) groups is 2. The third-order valence-electron chi connectivity index (χ3n) is 4.85. The Balaban J connectivity index is 0.000000426. The van der Waals surface area contributed by atoms with Gasteiger partial charge >= 0.3 is 24.3 Å². The van der Waals surface area contributed by atoms with Crippen LogP contribution in [-0.2, 0) is 40.4 Å². The first kappa shape index (κ1) is 32.4. The number of halogens is 6. The summed E-state index contributed by atoms with van der Waals surface area (Å²) in [5.41, 5.74) is 5.23. The summed E-state index contributed by atoms with van der Waals surface area (Å²) in [6.45, 7) is 7.81. The molecule has 0 radical (unpaired) electrons. The number of pyridine rings is 1. The van der Waals surface area contributed by atoms with E-state index in [9.17, 15) is 26.3 Å². The van der Waals surface area contributed by atoms with E-state index in [4.69, 9.17) is 29.3 Å². The lowest BCUT2D eigenvalue weighted by Crippen LogP contribution is -2.31. The van der Waals surface area contributed by atoms with Crippen molar-refractivity contribution in [1.82, 2.24) is 9.88 Å². The first-order valence-electron chi connectivity index (χ1n) is 10.8. The van der Waals surface area contributed by atoms with Gasteiger partial charge in [-0.3, -0.25) is 9.88 Å². The number of hydrogen-bond donors (Lipinski definition) is 2. The Labute approximate surface area is 214 Å². The number of carboxylic acid groups (broad SMARTS) is 2. The predicted molar refractivity (Wildman–Crippen MR) is 122 cm³/mol. The average molecular weight is 552 g/mol. The number of benzene rings is 1. The molecule has 0 bridgehead atoms. The number of carboxylic acids is 2. The fraction of sp³-hybridized carbons (Fsp3) is 0.375. The number of aliphatic carboxylic acids is 2. The van der Waals surface area contributed by atoms with Crippen molar-refractivity contribution in [2.45, 2.75) is 38.5 Å². The maximum Gasteiger partial charge on any atom is 0.490 e. The Morgan fingerprint density at radius 1 is 1.05 bits per heavy atom. The molecule has 1 aliphatic rings. The maximum absolute atomic E-state index is 10.6. The maximum atomic E-state index is 10.6. The van der Waals surface area contributed by atoms with Crippen LogP contribution in [0.1, 0.15) is 22.3 Å². The molecule has 1 aromatic heterocycles. The average Bonchev–Trinajstić information content (AvgIpc) is 2.84. The van der Waals surface area contributed by atoms with E-state index >= 15 is 0 Å². The van der Waals surface area contributed by atoms with Gasteiger partial charge in [0.1, 0.15) is 5.75 Å². The quantitative estimate of drug-likeness (QED) is 0.291. The third kappa shape index (κ3) is 11.6. The van der Waals surface area contributed by atoms with Crippen molar-refractivity contribution >= 4 is 11.9 Å². The summed E-state index contributed by atoms with van der Waals surface area (Å²) in [5, 5.41) is 14.2. The van der Waals surface area contributed by atoms with Crippen molar-refractivity contribution in [2.24, 2.45) is 0 Å². The number of rotatable bonds is 7. The molecule has 1 aliphatic heterocycles. The molecule has 0 saturated carbocycles. The van der Waals surface area contributed by atoms with Gasteiger partial charge in [0.2, 0.25) is 0 Å². The van der Waals surface area contributed by atoms with Gasteiger partial charge in [0, 0.05) is 32.0 Å². The van der Waals surface area contributed by atoms with Crippen LogP contribution >= 0.6 is 0 Å². The molecule has 3 rings (SSSR count). The van der Waals surface area contributed by atoms with Crippen molar-refractivity contribution in [1.29, 1.82) is 0 Å². The topological polar surface area (TPSA) is 109 Å². The number of fused-ring (bicyclic) bond motifs is 1. The number of ether oxygens (including phenoxy) is 2. The molecule has 0 atom stereocenters. The van der Waals surface area contributed by atoms with Crippen molar-refractivity contribution < 1.29 is 55.6 Å². The highest BCUT2D eigenvalue weighted by Crippen LogP contribution is 2.24. The Bertz CT molecular complexity index is 1030. The fourth-order valence-electron chi connectivity index (χ4n) is 3.13. The smallest absolute Gasteiger partial charge is 0.490 e. The highest BCUT2D eigenvalue weighted by Gasteiger charge is 2.38. The molecule has 0 unspecified atom stereocenters. The van der Waals surface area contributed by atoms with Gasteiger partial charge in [-0.2, -0.15) is 26.3 Å². The molecule has 14 heteroatoms. The van der Waals surface area contributed by atoms with Crippen LogP contribution < -0.4 is 4.74 Å². The van der Waals surface area contributed by atoms with Crippen LogP contribution in [0.2, 0.25) is 0 Å². The molecule has 0 fully saturated rings. The van der Waals surface area contributed by atoms with E-state index in [0.29, 0.717) is 13.2 Å². The van der Waals surface area contributed by atoms with Crippen LogP contribution in [0.15, 0.2) is 49.3 Å². The van der Waals surface area contributed by atoms with Gasteiger partial charge in [0.05, 0.1) is 20.3 Å². The minimum Gasteiger partial charge on any atom is -0.497 e. The summed E-state index contributed by atoms with van der Waals surface area (Å²) in [7, 11) is 1.69. The predicted octanol–water partition coefficient (Wildman–Crippen LogP) is 4.62. The lowest BCUT2D eigenvalue weighted by Gasteiger charge is -2.29. The molecular weight excluding hydrogens is 526 g/mol. The van der Waals surface area contributed by atoms with E-state index in [-0.39, 0.29) is 0 Å². The van der Waals surface area contributed by atoms with Crippen molar-refractivity contribution in [3.8, 4) is 5.75 Å². The molecule has 210 valence electrons. The second-order valence-corrected chi connectivity index (χ2v) is 7.65. The summed E-state index contributed by atoms with van der Waals surface area (Å²) in [5.74, 6) is -4.61. The molecule has 0 saturated heterocycles. The van der Waals surface area contributed by atoms with Gasteiger partial charge in [-0.1, -0.05) is 18.2 Å². The van der Waals surface area contributed by atoms with Gasteiger partial charge in [0.25, 0.3) is 0 Å². The summed E-state index contributed by atoms with van der Waals surface area (Å²) >= 11 is 0. The zero-order valence-corrected chi connectivity index (χ0v) is 20.2. The molecule has 2 N–H and O–H groups in total. The number of hydrogen-bond acceptors (Lipinski definition) is 6. The van der Waals surface area contributed by atoms with Gasteiger partial charge in [-0.15, -0.1) is 6.58 Å². The third-order valence-corrected chi connectivity index (χ3v) is 4.85. The van der Waals surface area contributed by atoms with Crippen LogP contribution in [0.4, 0.5) is 26.3 Å². The molecule has 2 aromatic rings. The molecule has 0 amide bonds. The molecule has 38 heavy (non-hydrogen) atoms. The van der Waals surface area contributed by atoms with Crippen LogP contribution in [0.25, 0.3) is 0 Å². The fourth-order valence-corrected chi connectivity index (χ4v) is 3.13. The summed E-state index contributed by atoms with van der Waals surface area (Å²) in [4.78, 5) is 24.6. The Morgan fingerprint density at radius 2 is 1.61 bits per heavy atom. The van der Waals surface area contributed by atoms with E-state index in [1.165, 1.54) is 22.3 Å². The summed E-state index contributed by atoms with van der Waals surface area (Å²) in [6, 6.07) is 8.30. The van der Waals surface area contributed by atoms with Crippen LogP contribution in [-0.4, -0.2) is 64.6 Å². The molecule has 8 nitrogen and oxygen atoms in total. The first-order valence-corrected chi connectivity index (χ1v) is 10.8. The minimum absolute atomic E-state index is 0.577. The van der Waals surface area contributed by atoms with Crippen molar-refractivity contribution in [3.63, 3.8) is 0 Å². The summed E-state index contributed by atoms with van der Waals surface area (Å²) in [6.07, 6.45) is -3.42. The van der Waals surface area contributed by atoms with Crippen molar-refractivity contribution in [3.05, 3.63) is 71.6 Å². The Kier molecular flexibility index (Phi) is 12.7. The minimum atomic E-state index is -5.08. The van der Waals surface area contributed by atoms with Gasteiger partial charge < -0.3 is 19.7 Å². The normalized spacial score (nSPS) is 13.1. The summed E-state index contributed by atoms with van der Waals surface area (Å²) < 4.78 is 74.3. The lowest BCUT2D eigenvalue weighted by molar-refractivity contribution is -0.193. The van der Waals surface area contributed by atoms with Gasteiger partial charge in [0.15, 0.2) is 0 Å². The highest BCUT2D eigenvalue weighted by molar-refractivity contribution is 5.73. The molecule has 0 aliphatic carbocycles. The van der Waals surface area contributed by atoms with E-state index in [2.05, 4.69) is 28.6 Å². The van der Waals surface area contributed by atoms with Crippen molar-refractivity contribution in [2.75, 3.05) is 20.3 Å². The number of nitrogens with zero attached hydrogens (tertiary/aromatic N) is 2. The highest BCUT2D eigenvalue weighted by atomic mass is 19.4. The lowest BCUT2D eigenvalue weighted by atomic mass is 9.97. The van der Waals surface area contributed by atoms with Gasteiger partial charge in [-0.25, -0.2) is 9.59 Å². The standard InChI is InChI=1S/C20H24N2O2.2C2HF3O2/c1-3-10-24-15-18-12-21-11-17-14-22(9-8-20(17)18)13-16-4-6-19(23-2)7-5-16;2*3-2(4,5)1(6)7/h3-7,11-12H,1,8-10,13-15H2,2H3;2*(H,6,7). The Morgan fingerprint density at radius 3 is 2.08 bits per heavy atom. The van der Waals surface area contributed by atoms with Gasteiger partial charge in [-0.05, 0) is 40.8 Å². The SMILES string of the molecule is C=CCOCc1cncc2c1CCN(Cc1ccc(OC)cc1)C2.O=C(O)C(F)(F)F.O=C(O)C(F)(F)F. The molecule has 0 spiro atoms. The van der Waals surface area contributed by atoms with Crippen LogP contribution in [0, 0.1) is 0 Å². The number of aromatic nitrogens is 1. The largest absolute Gasteiger partial charge is 0.497 e. The molecular formula is C24H26F6N2O6. The number of alkyl halides is 6. The monoisotopic (exact) mass is 552 g/mol. The second kappa shape index (κ2) is 14.9. The molecule has 1 aromatic carbocycles. The Hall–Kier alpha value is -3.65. The second-order valence-electron chi connectivity index (χ2n) is 7.65. The number of methoxy groups -OCH3 is 1. The van der Waals surface area contributed by atoms with Crippen LogP contribution in [0.3, 0.4) is 0 Å². The zero-order valence-electron chi connectivity index (χ0n) is 20.2.